The van der Waals surface area contributed by atoms with Gasteiger partial charge in [0, 0.05) is 0 Å². The monoisotopic (exact) mass is 450 g/mol. The molecule has 2 fully saturated rings. The van der Waals surface area contributed by atoms with Crippen LogP contribution in [0.5, 0.6) is 5.75 Å². The van der Waals surface area contributed by atoms with Crippen molar-refractivity contribution in [2.45, 2.75) is 12.1 Å². The summed E-state index contributed by atoms with van der Waals surface area (Å²) >= 11 is 0. The number of carbonyl (C=O) groups is 2. The van der Waals surface area contributed by atoms with Crippen molar-refractivity contribution in [3.8, 4) is 5.75 Å². The maximum absolute atomic E-state index is 13.8. The van der Waals surface area contributed by atoms with Crippen molar-refractivity contribution in [1.82, 2.24) is 0 Å². The Morgan fingerprint density at radius 2 is 1.44 bits per heavy atom. The van der Waals surface area contributed by atoms with Crippen LogP contribution in [0, 0.1) is 5.92 Å². The van der Waals surface area contributed by atoms with Crippen LogP contribution in [-0.2, 0) is 14.4 Å². The summed E-state index contributed by atoms with van der Waals surface area (Å²) in [4.78, 5) is 34.8. The fraction of sp³-hybridized carbons (Fsp3) is 0.143. The summed E-state index contributed by atoms with van der Waals surface area (Å²) in [6.45, 7) is 0. The number of rotatable bonds is 4. The van der Waals surface area contributed by atoms with Gasteiger partial charge in [-0.05, 0) is 52.7 Å². The third-order valence-corrected chi connectivity index (χ3v) is 6.60. The summed E-state index contributed by atoms with van der Waals surface area (Å²) in [5, 5.41) is 3.83. The van der Waals surface area contributed by atoms with E-state index in [0.717, 1.165) is 22.0 Å². The average Bonchev–Trinajstić information content (AvgIpc) is 3.40. The highest BCUT2D eigenvalue weighted by molar-refractivity contribution is 6.24. The van der Waals surface area contributed by atoms with Gasteiger partial charge in [0.1, 0.15) is 11.7 Å². The third-order valence-electron chi connectivity index (χ3n) is 6.60. The van der Waals surface area contributed by atoms with Crippen LogP contribution < -0.4 is 14.7 Å². The summed E-state index contributed by atoms with van der Waals surface area (Å²) < 4.78 is 5.22. The number of amides is 2. The molecule has 2 amide bonds. The van der Waals surface area contributed by atoms with Gasteiger partial charge in [-0.25, -0.2) is 9.96 Å². The molecule has 2 aliphatic rings. The van der Waals surface area contributed by atoms with E-state index in [0.29, 0.717) is 11.4 Å². The van der Waals surface area contributed by atoms with E-state index < -0.39 is 18.1 Å². The lowest BCUT2D eigenvalue weighted by molar-refractivity contribution is -0.126. The van der Waals surface area contributed by atoms with Crippen LogP contribution in [0.1, 0.15) is 11.6 Å². The zero-order valence-electron chi connectivity index (χ0n) is 18.5. The number of anilines is 2. The molecule has 0 N–H and O–H groups in total. The van der Waals surface area contributed by atoms with Crippen LogP contribution in [-0.4, -0.2) is 25.0 Å². The van der Waals surface area contributed by atoms with Crippen molar-refractivity contribution in [2.75, 3.05) is 17.1 Å². The van der Waals surface area contributed by atoms with E-state index in [2.05, 4.69) is 0 Å². The number of hydroxylamine groups is 1. The highest BCUT2D eigenvalue weighted by Crippen LogP contribution is 2.48. The Bertz CT molecular complexity index is 1380. The van der Waals surface area contributed by atoms with Crippen LogP contribution >= 0.6 is 0 Å². The minimum atomic E-state index is -0.904. The molecule has 2 heterocycles. The molecule has 0 aliphatic carbocycles. The molecule has 3 atom stereocenters. The quantitative estimate of drug-likeness (QED) is 0.414. The van der Waals surface area contributed by atoms with Crippen LogP contribution in [0.15, 0.2) is 97.1 Å². The van der Waals surface area contributed by atoms with E-state index >= 15 is 0 Å². The van der Waals surface area contributed by atoms with Gasteiger partial charge in [0.25, 0.3) is 5.91 Å². The first-order valence-corrected chi connectivity index (χ1v) is 11.2. The highest BCUT2D eigenvalue weighted by atomic mass is 16.7. The van der Waals surface area contributed by atoms with E-state index in [-0.39, 0.29) is 11.8 Å². The summed E-state index contributed by atoms with van der Waals surface area (Å²) in [5.41, 5.74) is 2.26. The fourth-order valence-electron chi connectivity index (χ4n) is 5.02. The second kappa shape index (κ2) is 8.01. The molecule has 4 aromatic carbocycles. The molecule has 168 valence electrons. The average molecular weight is 450 g/mol. The maximum atomic E-state index is 13.8. The largest absolute Gasteiger partial charge is 0.497 e. The number of hydrogen-bond donors (Lipinski definition) is 0. The van der Waals surface area contributed by atoms with Gasteiger partial charge in [0.15, 0.2) is 6.10 Å². The minimum Gasteiger partial charge on any atom is -0.497 e. The number of carbonyl (C=O) groups excluding carboxylic acids is 2. The fourth-order valence-corrected chi connectivity index (χ4v) is 5.02. The molecular weight excluding hydrogens is 428 g/mol. The van der Waals surface area contributed by atoms with Gasteiger partial charge in [-0.3, -0.25) is 14.4 Å². The Kier molecular flexibility index (Phi) is 4.81. The van der Waals surface area contributed by atoms with Gasteiger partial charge in [-0.2, -0.15) is 0 Å². The van der Waals surface area contributed by atoms with Crippen molar-refractivity contribution >= 4 is 34.0 Å². The molecule has 2 aliphatic heterocycles. The molecule has 0 aromatic heterocycles. The summed E-state index contributed by atoms with van der Waals surface area (Å²) in [5.74, 6) is -0.649. The van der Waals surface area contributed by atoms with Gasteiger partial charge >= 0.3 is 0 Å². The van der Waals surface area contributed by atoms with E-state index in [1.54, 1.807) is 36.4 Å². The summed E-state index contributed by atoms with van der Waals surface area (Å²) in [6.07, 6.45) is -0.904. The van der Waals surface area contributed by atoms with Crippen molar-refractivity contribution in [3.63, 3.8) is 0 Å². The van der Waals surface area contributed by atoms with Crippen molar-refractivity contribution < 1.29 is 19.2 Å². The molecule has 0 unspecified atom stereocenters. The predicted molar refractivity (Wildman–Crippen MR) is 129 cm³/mol. The molecule has 34 heavy (non-hydrogen) atoms. The molecule has 2 saturated heterocycles. The minimum absolute atomic E-state index is 0.267. The Balaban J connectivity index is 1.48. The number of imide groups is 1. The van der Waals surface area contributed by atoms with Gasteiger partial charge in [-0.15, -0.1) is 0 Å². The molecule has 6 heteroatoms. The molecule has 0 spiro atoms. The summed E-state index contributed by atoms with van der Waals surface area (Å²) in [6, 6.07) is 30.2. The highest BCUT2D eigenvalue weighted by Gasteiger charge is 2.60. The maximum Gasteiger partial charge on any atom is 0.266 e. The number of nitrogens with zero attached hydrogens (tertiary/aromatic N) is 2. The number of hydrogen-bond acceptors (Lipinski definition) is 5. The van der Waals surface area contributed by atoms with E-state index in [4.69, 9.17) is 9.57 Å². The number of methoxy groups -OCH3 is 1. The lowest BCUT2D eigenvalue weighted by Gasteiger charge is -2.29. The van der Waals surface area contributed by atoms with Gasteiger partial charge < -0.3 is 4.74 Å². The molecule has 0 radical (unpaired) electrons. The third kappa shape index (κ3) is 3.07. The first kappa shape index (κ1) is 20.4. The van der Waals surface area contributed by atoms with Crippen molar-refractivity contribution in [2.24, 2.45) is 5.92 Å². The zero-order valence-corrected chi connectivity index (χ0v) is 18.5. The summed E-state index contributed by atoms with van der Waals surface area (Å²) in [7, 11) is 1.58. The van der Waals surface area contributed by atoms with Crippen LogP contribution in [0.4, 0.5) is 11.4 Å². The Hall–Kier alpha value is -4.16. The molecular formula is C28H22N2O4. The van der Waals surface area contributed by atoms with E-state index in [1.807, 2.05) is 72.8 Å². The molecule has 0 bridgehead atoms. The van der Waals surface area contributed by atoms with Crippen molar-refractivity contribution in [1.29, 1.82) is 0 Å². The predicted octanol–water partition coefficient (Wildman–Crippen LogP) is 4.90. The second-order valence-electron chi connectivity index (χ2n) is 8.44. The standard InChI is InChI=1S/C28H22N2O4/c1-33-21-16-14-19(15-17-21)29-27(31)24-25(23-13-7-9-18-8-5-6-12-22(18)23)30(34-26(24)28(29)32)20-10-3-2-4-11-20/h2-17,24-26H,1H3/t24-,25-,26-/m0/s1. The van der Waals surface area contributed by atoms with E-state index in [1.165, 1.54) is 4.90 Å². The molecule has 0 saturated carbocycles. The van der Waals surface area contributed by atoms with Crippen molar-refractivity contribution in [3.05, 3.63) is 103 Å². The Morgan fingerprint density at radius 1 is 0.735 bits per heavy atom. The lowest BCUT2D eigenvalue weighted by atomic mass is 9.87. The topological polar surface area (TPSA) is 59.1 Å². The van der Waals surface area contributed by atoms with E-state index in [9.17, 15) is 9.59 Å². The van der Waals surface area contributed by atoms with Gasteiger partial charge in [0.2, 0.25) is 5.91 Å². The van der Waals surface area contributed by atoms with Gasteiger partial charge in [0.05, 0.1) is 24.5 Å². The zero-order chi connectivity index (χ0) is 23.2. The number of ether oxygens (including phenoxy) is 1. The van der Waals surface area contributed by atoms with Gasteiger partial charge in [-0.1, -0.05) is 60.7 Å². The first-order chi connectivity index (χ1) is 16.7. The lowest BCUT2D eigenvalue weighted by Crippen LogP contribution is -2.37. The Morgan fingerprint density at radius 3 is 2.21 bits per heavy atom. The number of benzene rings is 4. The SMILES string of the molecule is COc1ccc(N2C(=O)[C@@H]3[C@H](ON(c4ccccc4)[C@H]3c3cccc4ccccc34)C2=O)cc1. The first-order valence-electron chi connectivity index (χ1n) is 11.2. The number of fused-ring (bicyclic) bond motifs is 2. The second-order valence-corrected chi connectivity index (χ2v) is 8.44. The molecule has 6 rings (SSSR count). The molecule has 4 aromatic rings. The van der Waals surface area contributed by atoms with Crippen LogP contribution in [0.25, 0.3) is 10.8 Å². The number of para-hydroxylation sites is 1. The Labute approximate surface area is 196 Å². The van der Waals surface area contributed by atoms with Crippen LogP contribution in [0.3, 0.4) is 0 Å². The normalized spacial score (nSPS) is 21.9. The smallest absolute Gasteiger partial charge is 0.266 e. The van der Waals surface area contributed by atoms with Crippen LogP contribution in [0.2, 0.25) is 0 Å². The molecule has 6 nitrogen and oxygen atoms in total.